The number of aryl methyl sites for hydroxylation is 1. The molecule has 7 heteroatoms. The van der Waals surface area contributed by atoms with Crippen molar-refractivity contribution in [3.63, 3.8) is 0 Å². The molecular weight excluding hydrogens is 388 g/mol. The molecule has 31 heavy (non-hydrogen) atoms. The first-order valence-corrected chi connectivity index (χ1v) is 10.6. The minimum absolute atomic E-state index is 0.0208. The van der Waals surface area contributed by atoms with Gasteiger partial charge in [0.2, 0.25) is 0 Å². The Hall–Kier alpha value is -3.61. The van der Waals surface area contributed by atoms with Gasteiger partial charge in [0, 0.05) is 43.7 Å². The molecule has 0 aliphatic carbocycles. The van der Waals surface area contributed by atoms with Crippen molar-refractivity contribution < 1.29 is 0 Å². The van der Waals surface area contributed by atoms with Crippen LogP contribution in [0.15, 0.2) is 66.0 Å². The van der Waals surface area contributed by atoms with Crippen molar-refractivity contribution in [2.24, 2.45) is 5.92 Å². The molecule has 7 nitrogen and oxygen atoms in total. The van der Waals surface area contributed by atoms with Gasteiger partial charge in [-0.3, -0.25) is 14.3 Å². The molecule has 0 N–H and O–H groups in total. The normalized spacial score (nSPS) is 14.8. The zero-order valence-electron chi connectivity index (χ0n) is 17.5. The number of piperidine rings is 1. The number of anilines is 1. The number of para-hydroxylation sites is 2. The van der Waals surface area contributed by atoms with Crippen LogP contribution in [0.25, 0.3) is 22.3 Å². The summed E-state index contributed by atoms with van der Waals surface area (Å²) in [7, 11) is 0. The molecular formula is C24H24N6O. The lowest BCUT2D eigenvalue weighted by molar-refractivity contribution is 0.350. The van der Waals surface area contributed by atoms with Crippen molar-refractivity contribution in [1.29, 1.82) is 0 Å². The van der Waals surface area contributed by atoms with E-state index < -0.39 is 0 Å². The minimum Gasteiger partial charge on any atom is -0.355 e. The molecule has 1 fully saturated rings. The highest BCUT2D eigenvalue weighted by Gasteiger charge is 2.23. The third-order valence-electron chi connectivity index (χ3n) is 5.93. The van der Waals surface area contributed by atoms with E-state index in [1.165, 1.54) is 0 Å². The van der Waals surface area contributed by atoms with Crippen molar-refractivity contribution >= 4 is 16.9 Å². The smallest absolute Gasteiger partial charge is 0.253 e. The van der Waals surface area contributed by atoms with Gasteiger partial charge in [0.1, 0.15) is 0 Å². The minimum atomic E-state index is -0.0208. The molecule has 0 radical (unpaired) electrons. The summed E-state index contributed by atoms with van der Waals surface area (Å²) >= 11 is 0. The van der Waals surface area contributed by atoms with E-state index >= 15 is 0 Å². The van der Waals surface area contributed by atoms with Gasteiger partial charge < -0.3 is 4.90 Å². The maximum Gasteiger partial charge on any atom is 0.253 e. The van der Waals surface area contributed by atoms with Crippen molar-refractivity contribution in [3.8, 4) is 11.3 Å². The molecule has 1 aliphatic rings. The first kappa shape index (κ1) is 19.4. The maximum absolute atomic E-state index is 12.6. The summed E-state index contributed by atoms with van der Waals surface area (Å²) < 4.78 is 1.72. The average molecular weight is 412 g/mol. The van der Waals surface area contributed by atoms with E-state index in [-0.39, 0.29) is 5.56 Å². The van der Waals surface area contributed by atoms with Crippen LogP contribution in [0.1, 0.15) is 18.5 Å². The molecule has 0 amide bonds. The topological polar surface area (TPSA) is 76.8 Å². The Bertz CT molecular complexity index is 1260. The van der Waals surface area contributed by atoms with Gasteiger partial charge in [-0.15, -0.1) is 0 Å². The van der Waals surface area contributed by atoms with Gasteiger partial charge in [0.25, 0.3) is 5.56 Å². The van der Waals surface area contributed by atoms with Crippen molar-refractivity contribution in [2.45, 2.75) is 26.3 Å². The van der Waals surface area contributed by atoms with Gasteiger partial charge in [0.15, 0.2) is 5.82 Å². The number of hydrogen-bond acceptors (Lipinski definition) is 6. The summed E-state index contributed by atoms with van der Waals surface area (Å²) in [6.07, 6.45) is 7.10. The lowest BCUT2D eigenvalue weighted by Gasteiger charge is -2.33. The Morgan fingerprint density at radius 2 is 1.81 bits per heavy atom. The highest BCUT2D eigenvalue weighted by atomic mass is 16.1. The highest BCUT2D eigenvalue weighted by Crippen LogP contribution is 2.26. The standard InChI is InChI=1S/C24H24N6O/c1-17-24(28-21-7-3-2-6-20(21)27-17)29-11-8-18(9-12-29)15-30-16-26-22(13-23(30)31)19-5-4-10-25-14-19/h2-7,10,13-14,16,18H,8-9,11-12,15H2,1H3. The van der Waals surface area contributed by atoms with Crippen molar-refractivity contribution in [3.05, 3.63) is 77.2 Å². The summed E-state index contributed by atoms with van der Waals surface area (Å²) in [5.74, 6) is 1.41. The quantitative estimate of drug-likeness (QED) is 0.511. The lowest BCUT2D eigenvalue weighted by Crippen LogP contribution is -2.37. The van der Waals surface area contributed by atoms with Crippen LogP contribution in [-0.2, 0) is 6.54 Å². The molecule has 4 heterocycles. The fourth-order valence-electron chi connectivity index (χ4n) is 4.22. The van der Waals surface area contributed by atoms with Crippen LogP contribution in [0.2, 0.25) is 0 Å². The van der Waals surface area contributed by atoms with Gasteiger partial charge in [0.05, 0.1) is 28.7 Å². The summed E-state index contributed by atoms with van der Waals surface area (Å²) in [4.78, 5) is 33.1. The van der Waals surface area contributed by atoms with E-state index in [1.807, 2.05) is 43.3 Å². The van der Waals surface area contributed by atoms with E-state index in [0.717, 1.165) is 54.0 Å². The number of benzene rings is 1. The number of hydrogen-bond donors (Lipinski definition) is 0. The van der Waals surface area contributed by atoms with Crippen LogP contribution in [-0.4, -0.2) is 37.6 Å². The second kappa shape index (κ2) is 8.26. The molecule has 0 atom stereocenters. The maximum atomic E-state index is 12.6. The zero-order valence-corrected chi connectivity index (χ0v) is 17.5. The van der Waals surface area contributed by atoms with E-state index in [9.17, 15) is 4.79 Å². The van der Waals surface area contributed by atoms with Gasteiger partial charge in [-0.05, 0) is 49.9 Å². The fourth-order valence-corrected chi connectivity index (χ4v) is 4.22. The highest BCUT2D eigenvalue weighted by molar-refractivity contribution is 5.76. The summed E-state index contributed by atoms with van der Waals surface area (Å²) in [6.45, 7) is 4.54. The van der Waals surface area contributed by atoms with Crippen LogP contribution < -0.4 is 10.5 Å². The molecule has 0 saturated carbocycles. The SMILES string of the molecule is Cc1nc2ccccc2nc1N1CCC(Cn2cnc(-c3cccnc3)cc2=O)CC1. The largest absolute Gasteiger partial charge is 0.355 e. The molecule has 1 aliphatic heterocycles. The Balaban J connectivity index is 1.26. The van der Waals surface area contributed by atoms with Crippen LogP contribution in [0.3, 0.4) is 0 Å². The summed E-state index contributed by atoms with van der Waals surface area (Å²) in [5.41, 5.74) is 4.31. The van der Waals surface area contributed by atoms with Gasteiger partial charge in [-0.25, -0.2) is 15.0 Å². The third kappa shape index (κ3) is 4.03. The second-order valence-corrected chi connectivity index (χ2v) is 8.06. The number of pyridine rings is 1. The summed E-state index contributed by atoms with van der Waals surface area (Å²) in [6, 6.07) is 13.3. The first-order chi connectivity index (χ1) is 15.2. The molecule has 1 aromatic carbocycles. The second-order valence-electron chi connectivity index (χ2n) is 8.06. The van der Waals surface area contributed by atoms with Crippen molar-refractivity contribution in [2.75, 3.05) is 18.0 Å². The van der Waals surface area contributed by atoms with Gasteiger partial charge >= 0.3 is 0 Å². The predicted octanol–water partition coefficient (Wildman–Crippen LogP) is 3.47. The number of aromatic nitrogens is 5. The third-order valence-corrected chi connectivity index (χ3v) is 5.93. The molecule has 156 valence electrons. The fraction of sp³-hybridized carbons (Fsp3) is 0.292. The molecule has 5 rings (SSSR count). The molecule has 1 saturated heterocycles. The Morgan fingerprint density at radius 1 is 1.03 bits per heavy atom. The lowest BCUT2D eigenvalue weighted by atomic mass is 9.96. The Labute approximate surface area is 180 Å². The monoisotopic (exact) mass is 412 g/mol. The van der Waals surface area contributed by atoms with E-state index in [2.05, 4.69) is 14.9 Å². The van der Waals surface area contributed by atoms with E-state index in [4.69, 9.17) is 9.97 Å². The van der Waals surface area contributed by atoms with Gasteiger partial charge in [-0.2, -0.15) is 0 Å². The van der Waals surface area contributed by atoms with Crippen molar-refractivity contribution in [1.82, 2.24) is 24.5 Å². The number of fused-ring (bicyclic) bond motifs is 1. The Morgan fingerprint density at radius 3 is 2.52 bits per heavy atom. The van der Waals surface area contributed by atoms with E-state index in [0.29, 0.717) is 18.2 Å². The molecule has 0 spiro atoms. The van der Waals surface area contributed by atoms with Gasteiger partial charge in [-0.1, -0.05) is 12.1 Å². The molecule has 0 unspecified atom stereocenters. The Kier molecular flexibility index (Phi) is 5.16. The van der Waals surface area contributed by atoms with Crippen LogP contribution in [0.5, 0.6) is 0 Å². The zero-order chi connectivity index (χ0) is 21.2. The molecule has 4 aromatic rings. The summed E-state index contributed by atoms with van der Waals surface area (Å²) in [5, 5.41) is 0. The first-order valence-electron chi connectivity index (χ1n) is 10.6. The van der Waals surface area contributed by atoms with Crippen LogP contribution in [0, 0.1) is 12.8 Å². The van der Waals surface area contributed by atoms with Crippen LogP contribution in [0.4, 0.5) is 5.82 Å². The average Bonchev–Trinajstić information content (AvgIpc) is 2.81. The molecule has 3 aromatic heterocycles. The van der Waals surface area contributed by atoms with E-state index in [1.54, 1.807) is 29.4 Å². The molecule has 0 bridgehead atoms. The van der Waals surface area contributed by atoms with Crippen LogP contribution >= 0.6 is 0 Å². The number of nitrogens with zero attached hydrogens (tertiary/aromatic N) is 6. The number of rotatable bonds is 4. The predicted molar refractivity (Wildman–Crippen MR) is 121 cm³/mol.